The molecule has 118 valence electrons. The van der Waals surface area contributed by atoms with Gasteiger partial charge < -0.3 is 15.4 Å². The van der Waals surface area contributed by atoms with E-state index in [2.05, 4.69) is 29.7 Å². The zero-order valence-corrected chi connectivity index (χ0v) is 13.0. The van der Waals surface area contributed by atoms with Gasteiger partial charge in [0, 0.05) is 37.0 Å². The van der Waals surface area contributed by atoms with Gasteiger partial charge in [0.05, 0.1) is 5.69 Å². The van der Waals surface area contributed by atoms with Gasteiger partial charge in [0.1, 0.15) is 11.9 Å². The molecule has 2 fully saturated rings. The van der Waals surface area contributed by atoms with Crippen molar-refractivity contribution in [2.45, 2.75) is 44.8 Å². The van der Waals surface area contributed by atoms with Crippen LogP contribution < -0.4 is 10.6 Å². The van der Waals surface area contributed by atoms with Gasteiger partial charge in [-0.15, -0.1) is 0 Å². The van der Waals surface area contributed by atoms with Gasteiger partial charge in [-0.1, -0.05) is 6.92 Å². The molecule has 4 heterocycles. The summed E-state index contributed by atoms with van der Waals surface area (Å²) in [5.74, 6) is 1.04. The van der Waals surface area contributed by atoms with Crippen LogP contribution in [0.5, 0.6) is 0 Å². The lowest BCUT2D eigenvalue weighted by atomic mass is 10.2. The molecule has 0 saturated carbocycles. The Bertz CT molecular complexity index is 656. The number of aryl methyl sites for hydroxylation is 1. The molecule has 6 heteroatoms. The molecule has 2 unspecified atom stereocenters. The highest BCUT2D eigenvalue weighted by molar-refractivity contribution is 5.51. The molecule has 0 aromatic carbocycles. The Kier molecular flexibility index (Phi) is 3.72. The Morgan fingerprint density at radius 3 is 3.09 bits per heavy atom. The number of nitrogens with zero attached hydrogens (tertiary/aromatic N) is 3. The van der Waals surface area contributed by atoms with Crippen molar-refractivity contribution in [2.24, 2.45) is 0 Å². The predicted octanol–water partition coefficient (Wildman–Crippen LogP) is 1.92. The first-order chi connectivity index (χ1) is 10.8. The normalized spacial score (nSPS) is 25.1. The largest absolute Gasteiger partial charge is 0.372 e. The number of fused-ring (bicyclic) bond motifs is 1. The Morgan fingerprint density at radius 2 is 2.36 bits per heavy atom. The molecule has 0 spiro atoms. The Labute approximate surface area is 130 Å². The molecule has 0 amide bonds. The van der Waals surface area contributed by atoms with Gasteiger partial charge in [0.2, 0.25) is 0 Å². The van der Waals surface area contributed by atoms with Crippen LogP contribution in [-0.2, 0) is 11.2 Å². The fraction of sp³-hybridized carbons (Fsp3) is 0.625. The van der Waals surface area contributed by atoms with Gasteiger partial charge in [-0.3, -0.25) is 0 Å². The quantitative estimate of drug-likeness (QED) is 0.903. The van der Waals surface area contributed by atoms with Gasteiger partial charge >= 0.3 is 0 Å². The zero-order valence-electron chi connectivity index (χ0n) is 13.0. The van der Waals surface area contributed by atoms with Crippen LogP contribution in [0.15, 0.2) is 12.1 Å². The third-order valence-corrected chi connectivity index (χ3v) is 4.53. The summed E-state index contributed by atoms with van der Waals surface area (Å²) in [4.78, 5) is 4.71. The third-order valence-electron chi connectivity index (χ3n) is 4.53. The highest BCUT2D eigenvalue weighted by Gasteiger charge is 2.22. The Morgan fingerprint density at radius 1 is 1.41 bits per heavy atom. The second-order valence-corrected chi connectivity index (χ2v) is 6.16. The van der Waals surface area contributed by atoms with E-state index in [4.69, 9.17) is 14.8 Å². The molecule has 0 aliphatic carbocycles. The molecule has 2 atom stereocenters. The summed E-state index contributed by atoms with van der Waals surface area (Å²) in [7, 11) is 0. The van der Waals surface area contributed by atoms with Crippen LogP contribution in [-0.4, -0.2) is 40.3 Å². The van der Waals surface area contributed by atoms with Crippen LogP contribution in [0.25, 0.3) is 5.65 Å². The van der Waals surface area contributed by atoms with Gasteiger partial charge in [0.25, 0.3) is 0 Å². The number of rotatable bonds is 4. The molecule has 2 aromatic heterocycles. The molecule has 2 aliphatic rings. The van der Waals surface area contributed by atoms with Gasteiger partial charge in [-0.2, -0.15) is 9.61 Å². The second-order valence-electron chi connectivity index (χ2n) is 6.16. The van der Waals surface area contributed by atoms with E-state index >= 15 is 0 Å². The number of aromatic nitrogens is 3. The maximum absolute atomic E-state index is 5.76. The molecule has 2 aliphatic heterocycles. The SMILES string of the molecule is CCc1cc(NC2CCNC2)n2nc(C3CCCO3)cc2n1. The van der Waals surface area contributed by atoms with Crippen molar-refractivity contribution in [1.82, 2.24) is 19.9 Å². The van der Waals surface area contributed by atoms with Crippen LogP contribution in [0.4, 0.5) is 5.82 Å². The van der Waals surface area contributed by atoms with E-state index in [0.29, 0.717) is 6.04 Å². The van der Waals surface area contributed by atoms with Crippen LogP contribution in [0, 0.1) is 0 Å². The fourth-order valence-corrected chi connectivity index (χ4v) is 3.28. The van der Waals surface area contributed by atoms with E-state index in [9.17, 15) is 0 Å². The van der Waals surface area contributed by atoms with Crippen LogP contribution in [0.3, 0.4) is 0 Å². The molecule has 0 radical (unpaired) electrons. The lowest BCUT2D eigenvalue weighted by Gasteiger charge is -2.14. The van der Waals surface area contributed by atoms with E-state index in [0.717, 1.165) is 68.2 Å². The van der Waals surface area contributed by atoms with Gasteiger partial charge in [-0.05, 0) is 32.2 Å². The van der Waals surface area contributed by atoms with Crippen LogP contribution in [0.2, 0.25) is 0 Å². The van der Waals surface area contributed by atoms with Crippen molar-refractivity contribution >= 4 is 11.5 Å². The zero-order chi connectivity index (χ0) is 14.9. The summed E-state index contributed by atoms with van der Waals surface area (Å²) in [5.41, 5.74) is 3.02. The summed E-state index contributed by atoms with van der Waals surface area (Å²) in [5, 5.41) is 11.8. The van der Waals surface area contributed by atoms with E-state index in [1.165, 1.54) is 0 Å². The summed E-state index contributed by atoms with van der Waals surface area (Å²) in [6.07, 6.45) is 4.37. The molecular formula is C16H23N5O. The second kappa shape index (κ2) is 5.85. The minimum absolute atomic E-state index is 0.132. The maximum atomic E-state index is 5.76. The lowest BCUT2D eigenvalue weighted by molar-refractivity contribution is 0.108. The Balaban J connectivity index is 1.71. The molecule has 0 bridgehead atoms. The van der Waals surface area contributed by atoms with Crippen molar-refractivity contribution in [2.75, 3.05) is 25.0 Å². The minimum Gasteiger partial charge on any atom is -0.372 e. The monoisotopic (exact) mass is 301 g/mol. The predicted molar refractivity (Wildman–Crippen MR) is 85.2 cm³/mol. The molecule has 2 saturated heterocycles. The third kappa shape index (κ3) is 2.57. The first-order valence-electron chi connectivity index (χ1n) is 8.32. The van der Waals surface area contributed by atoms with Crippen molar-refractivity contribution in [1.29, 1.82) is 0 Å². The number of ether oxygens (including phenoxy) is 1. The molecule has 4 rings (SSSR count). The molecule has 2 N–H and O–H groups in total. The highest BCUT2D eigenvalue weighted by Crippen LogP contribution is 2.29. The van der Waals surface area contributed by atoms with Gasteiger partial charge in [-0.25, -0.2) is 4.98 Å². The summed E-state index contributed by atoms with van der Waals surface area (Å²) in [6.45, 7) is 5.06. The van der Waals surface area contributed by atoms with Crippen molar-refractivity contribution in [3.8, 4) is 0 Å². The molecular weight excluding hydrogens is 278 g/mol. The smallest absolute Gasteiger partial charge is 0.157 e. The maximum Gasteiger partial charge on any atom is 0.157 e. The number of hydrogen-bond donors (Lipinski definition) is 2. The van der Waals surface area contributed by atoms with Crippen LogP contribution >= 0.6 is 0 Å². The highest BCUT2D eigenvalue weighted by atomic mass is 16.5. The summed E-state index contributed by atoms with van der Waals surface area (Å²) < 4.78 is 7.70. The first kappa shape index (κ1) is 14.0. The average molecular weight is 301 g/mol. The standard InChI is InChI=1S/C16H23N5O/c1-2-11-8-15(19-12-5-6-17-10-12)21-16(18-11)9-13(20-21)14-4-3-7-22-14/h8-9,12,14,17,19H,2-7,10H2,1H3. The van der Waals surface area contributed by atoms with Crippen molar-refractivity contribution < 1.29 is 4.74 Å². The van der Waals surface area contributed by atoms with Crippen LogP contribution in [0.1, 0.15) is 43.7 Å². The van der Waals surface area contributed by atoms with E-state index in [1.54, 1.807) is 0 Å². The first-order valence-corrected chi connectivity index (χ1v) is 8.32. The topological polar surface area (TPSA) is 63.5 Å². The molecule has 6 nitrogen and oxygen atoms in total. The molecule has 22 heavy (non-hydrogen) atoms. The number of hydrogen-bond acceptors (Lipinski definition) is 5. The summed E-state index contributed by atoms with van der Waals surface area (Å²) >= 11 is 0. The van der Waals surface area contributed by atoms with Gasteiger partial charge in [0.15, 0.2) is 5.65 Å². The van der Waals surface area contributed by atoms with Crippen molar-refractivity contribution in [3.63, 3.8) is 0 Å². The Hall–Kier alpha value is -1.66. The number of nitrogens with one attached hydrogen (secondary N) is 2. The van der Waals surface area contributed by atoms with E-state index in [-0.39, 0.29) is 6.10 Å². The average Bonchev–Trinajstić information content (AvgIpc) is 3.27. The van der Waals surface area contributed by atoms with Crippen molar-refractivity contribution in [3.05, 3.63) is 23.5 Å². The lowest BCUT2D eigenvalue weighted by Crippen LogP contribution is -2.24. The number of anilines is 1. The fourth-order valence-electron chi connectivity index (χ4n) is 3.28. The summed E-state index contributed by atoms with van der Waals surface area (Å²) in [6, 6.07) is 4.66. The molecule has 2 aromatic rings. The minimum atomic E-state index is 0.132. The van der Waals surface area contributed by atoms with E-state index < -0.39 is 0 Å². The van der Waals surface area contributed by atoms with E-state index in [1.807, 2.05) is 4.52 Å².